The molecule has 0 aliphatic carbocycles. The third-order valence-electron chi connectivity index (χ3n) is 4.00. The van der Waals surface area contributed by atoms with E-state index in [0.29, 0.717) is 5.17 Å². The normalized spacial score (nSPS) is 28.1. The molecule has 2 saturated heterocycles. The van der Waals surface area contributed by atoms with E-state index in [4.69, 9.17) is 0 Å². The number of carbonyl (C=O) groups excluding carboxylic acids is 1. The van der Waals surface area contributed by atoms with Gasteiger partial charge in [-0.25, -0.2) is 8.42 Å². The van der Waals surface area contributed by atoms with Gasteiger partial charge in [-0.15, -0.1) is 0 Å². The van der Waals surface area contributed by atoms with Gasteiger partial charge in [-0.2, -0.15) is 4.99 Å². The van der Waals surface area contributed by atoms with E-state index in [1.54, 1.807) is 0 Å². The maximum Gasteiger partial charge on any atom is 0.244 e. The predicted molar refractivity (Wildman–Crippen MR) is 90.3 cm³/mol. The van der Waals surface area contributed by atoms with Crippen molar-refractivity contribution >= 4 is 38.4 Å². The number of fused-ring (bicyclic) bond motifs is 1. The molecular formula is C15H18N2O3S2. The van der Waals surface area contributed by atoms with Gasteiger partial charge in [0.05, 0.1) is 17.5 Å². The minimum Gasteiger partial charge on any atom is -0.315 e. The molecule has 2 fully saturated rings. The van der Waals surface area contributed by atoms with Crippen LogP contribution in [0.15, 0.2) is 23.2 Å². The number of anilines is 1. The summed E-state index contributed by atoms with van der Waals surface area (Å²) in [6.07, 6.45) is 0. The Hall–Kier alpha value is -1.34. The van der Waals surface area contributed by atoms with Gasteiger partial charge in [-0.1, -0.05) is 30.0 Å². The number of carbonyl (C=O) groups is 1. The summed E-state index contributed by atoms with van der Waals surface area (Å²) in [4.78, 5) is 17.5. The number of aryl methyl sites for hydroxylation is 2. The lowest BCUT2D eigenvalue weighted by Gasteiger charge is -2.27. The Morgan fingerprint density at radius 3 is 2.50 bits per heavy atom. The summed E-state index contributed by atoms with van der Waals surface area (Å²) >= 11 is 1.41. The van der Waals surface area contributed by atoms with Gasteiger partial charge in [0, 0.05) is 17.9 Å². The zero-order valence-corrected chi connectivity index (χ0v) is 14.4. The summed E-state index contributed by atoms with van der Waals surface area (Å²) in [6, 6.07) is 5.82. The Morgan fingerprint density at radius 1 is 1.27 bits per heavy atom. The van der Waals surface area contributed by atoms with E-state index >= 15 is 0 Å². The van der Waals surface area contributed by atoms with E-state index in [0.717, 1.165) is 16.8 Å². The summed E-state index contributed by atoms with van der Waals surface area (Å²) < 4.78 is 23.9. The number of hydrogen-bond donors (Lipinski definition) is 0. The van der Waals surface area contributed by atoms with E-state index in [2.05, 4.69) is 4.99 Å². The zero-order valence-electron chi connectivity index (χ0n) is 12.7. The van der Waals surface area contributed by atoms with E-state index in [1.807, 2.05) is 36.9 Å². The minimum absolute atomic E-state index is 0.0536. The van der Waals surface area contributed by atoms with E-state index in [9.17, 15) is 13.2 Å². The molecule has 5 nitrogen and oxygen atoms in total. The molecule has 2 heterocycles. The number of sulfone groups is 1. The number of thioether (sulfide) groups is 1. The van der Waals surface area contributed by atoms with Gasteiger partial charge in [0.2, 0.25) is 5.91 Å². The molecule has 2 aliphatic heterocycles. The molecule has 3 rings (SSSR count). The highest BCUT2D eigenvalue weighted by Gasteiger charge is 2.49. The maximum atomic E-state index is 12.0. The lowest BCUT2D eigenvalue weighted by atomic mass is 10.1. The van der Waals surface area contributed by atoms with Crippen LogP contribution in [0.5, 0.6) is 0 Å². The van der Waals surface area contributed by atoms with Crippen molar-refractivity contribution < 1.29 is 13.2 Å². The Balaban J connectivity index is 2.13. The van der Waals surface area contributed by atoms with Crippen LogP contribution >= 0.6 is 11.8 Å². The van der Waals surface area contributed by atoms with Crippen LogP contribution in [0.2, 0.25) is 0 Å². The van der Waals surface area contributed by atoms with Crippen molar-refractivity contribution in [3.63, 3.8) is 0 Å². The molecule has 1 aromatic carbocycles. The fraction of sp³-hybridized carbons (Fsp3) is 0.467. The molecule has 2 atom stereocenters. The molecule has 7 heteroatoms. The van der Waals surface area contributed by atoms with Gasteiger partial charge in [-0.05, 0) is 25.0 Å². The number of rotatable bonds is 1. The first-order chi connectivity index (χ1) is 10.3. The second kappa shape index (κ2) is 5.38. The standard InChI is InChI=1S/C15H18N2O3S2/c1-9-5-4-6-10(2)14(9)17-12-7-22(19,20)8-13(12)21-15(17)16-11(3)18/h4-6,12-13H,7-8H2,1-3H3. The highest BCUT2D eigenvalue weighted by Crippen LogP contribution is 2.42. The smallest absolute Gasteiger partial charge is 0.244 e. The summed E-state index contributed by atoms with van der Waals surface area (Å²) in [5.41, 5.74) is 3.09. The molecule has 0 saturated carbocycles. The second-order valence-electron chi connectivity index (χ2n) is 5.82. The Labute approximate surface area is 134 Å². The topological polar surface area (TPSA) is 66.8 Å². The summed E-state index contributed by atoms with van der Waals surface area (Å²) in [7, 11) is -3.03. The van der Waals surface area contributed by atoms with E-state index < -0.39 is 9.84 Å². The van der Waals surface area contributed by atoms with E-state index in [-0.39, 0.29) is 28.7 Å². The fourth-order valence-corrected chi connectivity index (χ4v) is 7.09. The van der Waals surface area contributed by atoms with Crippen molar-refractivity contribution in [3.8, 4) is 0 Å². The molecule has 22 heavy (non-hydrogen) atoms. The van der Waals surface area contributed by atoms with Gasteiger partial charge in [0.1, 0.15) is 0 Å². The lowest BCUT2D eigenvalue weighted by molar-refractivity contribution is -0.115. The lowest BCUT2D eigenvalue weighted by Crippen LogP contribution is -2.38. The number of amidine groups is 1. The van der Waals surface area contributed by atoms with Crippen LogP contribution in [-0.4, -0.2) is 42.3 Å². The van der Waals surface area contributed by atoms with Crippen molar-refractivity contribution in [2.75, 3.05) is 16.4 Å². The number of para-hydroxylation sites is 1. The van der Waals surface area contributed by atoms with Crippen molar-refractivity contribution in [3.05, 3.63) is 29.3 Å². The summed E-state index contributed by atoms with van der Waals surface area (Å²) in [5.74, 6) is 0.0114. The van der Waals surface area contributed by atoms with Crippen molar-refractivity contribution in [1.29, 1.82) is 0 Å². The van der Waals surface area contributed by atoms with Crippen LogP contribution in [0.4, 0.5) is 5.69 Å². The number of amides is 1. The van der Waals surface area contributed by atoms with Crippen molar-refractivity contribution in [2.24, 2.45) is 4.99 Å². The fourth-order valence-electron chi connectivity index (χ4n) is 3.15. The molecule has 118 valence electrons. The average molecular weight is 338 g/mol. The maximum absolute atomic E-state index is 12.0. The number of benzene rings is 1. The Kier molecular flexibility index (Phi) is 3.81. The van der Waals surface area contributed by atoms with Crippen LogP contribution < -0.4 is 4.90 Å². The third-order valence-corrected chi connectivity index (χ3v) is 7.21. The monoisotopic (exact) mass is 338 g/mol. The highest BCUT2D eigenvalue weighted by molar-refractivity contribution is 8.16. The van der Waals surface area contributed by atoms with Crippen LogP contribution in [-0.2, 0) is 14.6 Å². The summed E-state index contributed by atoms with van der Waals surface area (Å²) in [5, 5.41) is 0.567. The largest absolute Gasteiger partial charge is 0.315 e. The van der Waals surface area contributed by atoms with Crippen molar-refractivity contribution in [1.82, 2.24) is 0 Å². The van der Waals surface area contributed by atoms with Crippen molar-refractivity contribution in [2.45, 2.75) is 32.1 Å². The minimum atomic E-state index is -3.03. The van der Waals surface area contributed by atoms with E-state index in [1.165, 1.54) is 18.7 Å². The molecule has 2 aliphatic rings. The van der Waals surface area contributed by atoms with Gasteiger partial charge >= 0.3 is 0 Å². The average Bonchev–Trinajstić information content (AvgIpc) is 2.81. The molecule has 0 radical (unpaired) electrons. The number of hydrogen-bond acceptors (Lipinski definition) is 4. The van der Waals surface area contributed by atoms with Crippen LogP contribution in [0.25, 0.3) is 0 Å². The molecule has 1 amide bonds. The number of nitrogens with zero attached hydrogens (tertiary/aromatic N) is 2. The first-order valence-electron chi connectivity index (χ1n) is 7.10. The molecule has 0 spiro atoms. The molecule has 0 bridgehead atoms. The second-order valence-corrected chi connectivity index (χ2v) is 9.18. The molecule has 0 aromatic heterocycles. The first kappa shape index (κ1) is 15.6. The van der Waals surface area contributed by atoms with Gasteiger partial charge in [0.15, 0.2) is 15.0 Å². The third kappa shape index (κ3) is 2.67. The molecule has 2 unspecified atom stereocenters. The summed E-state index contributed by atoms with van der Waals surface area (Å²) in [6.45, 7) is 5.41. The SMILES string of the molecule is CC(=O)N=C1SC2CS(=O)(=O)CC2N1c1c(C)cccc1C. The molecular weight excluding hydrogens is 320 g/mol. The Bertz CT molecular complexity index is 751. The highest BCUT2D eigenvalue weighted by atomic mass is 32.2. The van der Waals surface area contributed by atoms with Gasteiger partial charge < -0.3 is 4.90 Å². The first-order valence-corrected chi connectivity index (χ1v) is 9.80. The zero-order chi connectivity index (χ0) is 16.1. The predicted octanol–water partition coefficient (Wildman–Crippen LogP) is 1.92. The van der Waals surface area contributed by atoms with Crippen LogP contribution in [0.3, 0.4) is 0 Å². The quantitative estimate of drug-likeness (QED) is 0.783. The molecule has 1 aromatic rings. The van der Waals surface area contributed by atoms with Gasteiger partial charge in [-0.3, -0.25) is 4.79 Å². The van der Waals surface area contributed by atoms with Crippen LogP contribution in [0.1, 0.15) is 18.1 Å². The molecule has 0 N–H and O–H groups in total. The Morgan fingerprint density at radius 2 is 1.91 bits per heavy atom. The number of aliphatic imine (C=N–C) groups is 1. The van der Waals surface area contributed by atoms with Crippen LogP contribution in [0, 0.1) is 13.8 Å². The van der Waals surface area contributed by atoms with Gasteiger partial charge in [0.25, 0.3) is 0 Å².